The van der Waals surface area contributed by atoms with Gasteiger partial charge in [-0.1, -0.05) is 37.6 Å². The number of halogens is 1. The Kier molecular flexibility index (Phi) is 6.36. The number of hydrogen-bond donors (Lipinski definition) is 0. The van der Waals surface area contributed by atoms with Gasteiger partial charge in [0.2, 0.25) is 0 Å². The Balaban J connectivity index is 2.76. The number of ether oxygens (including phenoxy) is 2. The van der Waals surface area contributed by atoms with E-state index in [4.69, 9.17) is 21.1 Å². The van der Waals surface area contributed by atoms with Gasteiger partial charge in [-0.15, -0.1) is 0 Å². The summed E-state index contributed by atoms with van der Waals surface area (Å²) in [5.74, 6) is -0.668. The second-order valence-corrected chi connectivity index (χ2v) is 4.36. The van der Waals surface area contributed by atoms with Gasteiger partial charge in [0.1, 0.15) is 6.61 Å². The van der Waals surface area contributed by atoms with Crippen LogP contribution in [-0.2, 0) is 19.1 Å². The molecule has 0 bridgehead atoms. The van der Waals surface area contributed by atoms with Crippen LogP contribution in [0.5, 0.6) is 0 Å². The maximum Gasteiger partial charge on any atom is 0.306 e. The van der Waals surface area contributed by atoms with Crippen LogP contribution in [0.2, 0.25) is 5.02 Å². The lowest BCUT2D eigenvalue weighted by molar-refractivity contribution is -0.159. The van der Waals surface area contributed by atoms with Crippen LogP contribution in [0.25, 0.3) is 0 Å². The first-order valence-corrected chi connectivity index (χ1v) is 6.55. The summed E-state index contributed by atoms with van der Waals surface area (Å²) < 4.78 is 10.3. The number of carbonyl (C=O) groups excluding carboxylic acids is 2. The van der Waals surface area contributed by atoms with E-state index in [1.54, 1.807) is 38.1 Å². The SMILES string of the molecule is CCC(=O)OC[C@@H](OC(=O)CC)c1ccc(Cl)cc1. The first kappa shape index (κ1) is 15.5. The van der Waals surface area contributed by atoms with Gasteiger partial charge in [0, 0.05) is 17.9 Å². The maximum absolute atomic E-state index is 11.4. The van der Waals surface area contributed by atoms with Crippen LogP contribution in [0.3, 0.4) is 0 Å². The van der Waals surface area contributed by atoms with Crippen molar-refractivity contribution < 1.29 is 19.1 Å². The molecule has 4 nitrogen and oxygen atoms in total. The molecule has 0 saturated carbocycles. The minimum atomic E-state index is -0.597. The molecule has 1 atom stereocenters. The van der Waals surface area contributed by atoms with Crippen molar-refractivity contribution >= 4 is 23.5 Å². The summed E-state index contributed by atoms with van der Waals surface area (Å²) in [6, 6.07) is 6.89. The van der Waals surface area contributed by atoms with E-state index in [2.05, 4.69) is 0 Å². The van der Waals surface area contributed by atoms with Crippen molar-refractivity contribution in [3.05, 3.63) is 34.9 Å². The number of esters is 2. The van der Waals surface area contributed by atoms with Crippen molar-refractivity contribution in [3.8, 4) is 0 Å². The largest absolute Gasteiger partial charge is 0.461 e. The van der Waals surface area contributed by atoms with E-state index in [9.17, 15) is 9.59 Å². The van der Waals surface area contributed by atoms with Crippen LogP contribution in [0.4, 0.5) is 0 Å². The predicted molar refractivity (Wildman–Crippen MR) is 71.8 cm³/mol. The fourth-order valence-electron chi connectivity index (χ4n) is 1.39. The topological polar surface area (TPSA) is 52.6 Å². The van der Waals surface area contributed by atoms with Crippen molar-refractivity contribution in [2.24, 2.45) is 0 Å². The molecule has 0 unspecified atom stereocenters. The molecule has 0 aliphatic carbocycles. The summed E-state index contributed by atoms with van der Waals surface area (Å²) in [7, 11) is 0. The van der Waals surface area contributed by atoms with Gasteiger partial charge in [0.15, 0.2) is 6.10 Å². The third kappa shape index (κ3) is 5.30. The molecule has 19 heavy (non-hydrogen) atoms. The normalized spacial score (nSPS) is 11.7. The Labute approximate surface area is 117 Å². The molecule has 1 aromatic carbocycles. The first-order valence-electron chi connectivity index (χ1n) is 6.17. The van der Waals surface area contributed by atoms with Crippen LogP contribution in [-0.4, -0.2) is 18.5 Å². The van der Waals surface area contributed by atoms with Crippen molar-refractivity contribution in [2.45, 2.75) is 32.8 Å². The summed E-state index contributed by atoms with van der Waals surface area (Å²) in [4.78, 5) is 22.6. The minimum Gasteiger partial charge on any atom is -0.461 e. The number of benzene rings is 1. The van der Waals surface area contributed by atoms with Gasteiger partial charge in [-0.25, -0.2) is 0 Å². The molecule has 0 N–H and O–H groups in total. The molecule has 0 aromatic heterocycles. The van der Waals surface area contributed by atoms with Crippen molar-refractivity contribution in [3.63, 3.8) is 0 Å². The second kappa shape index (κ2) is 7.79. The highest BCUT2D eigenvalue weighted by molar-refractivity contribution is 6.30. The molecule has 1 aromatic rings. The monoisotopic (exact) mass is 284 g/mol. The molecule has 0 heterocycles. The minimum absolute atomic E-state index is 0.0139. The van der Waals surface area contributed by atoms with Crippen molar-refractivity contribution in [1.29, 1.82) is 0 Å². The summed E-state index contributed by atoms with van der Waals surface area (Å²) >= 11 is 5.81. The van der Waals surface area contributed by atoms with Crippen LogP contribution in [0, 0.1) is 0 Å². The maximum atomic E-state index is 11.4. The zero-order chi connectivity index (χ0) is 14.3. The van der Waals surface area contributed by atoms with Gasteiger partial charge in [-0.05, 0) is 17.7 Å². The van der Waals surface area contributed by atoms with E-state index >= 15 is 0 Å². The lowest BCUT2D eigenvalue weighted by Crippen LogP contribution is -2.18. The number of rotatable bonds is 6. The molecule has 0 radical (unpaired) electrons. The average molecular weight is 285 g/mol. The van der Waals surface area contributed by atoms with E-state index in [1.165, 1.54) is 0 Å². The molecule has 104 valence electrons. The third-order valence-corrected chi connectivity index (χ3v) is 2.74. The first-order chi connectivity index (χ1) is 9.06. The fourth-order valence-corrected chi connectivity index (χ4v) is 1.51. The van der Waals surface area contributed by atoms with Crippen LogP contribution >= 0.6 is 11.6 Å². The lowest BCUT2D eigenvalue weighted by atomic mass is 10.1. The molecule has 1 rings (SSSR count). The molecule has 0 saturated heterocycles. The van der Waals surface area contributed by atoms with E-state index in [1.807, 2.05) is 0 Å². The van der Waals surface area contributed by atoms with Crippen molar-refractivity contribution in [1.82, 2.24) is 0 Å². The second-order valence-electron chi connectivity index (χ2n) is 3.92. The standard InChI is InChI=1S/C14H17ClO4/c1-3-13(16)18-9-12(19-14(17)4-2)10-5-7-11(15)8-6-10/h5-8,12H,3-4,9H2,1-2H3/t12-/m1/s1. The van der Waals surface area contributed by atoms with Gasteiger partial charge >= 0.3 is 11.9 Å². The molecule has 0 spiro atoms. The van der Waals surface area contributed by atoms with Crippen LogP contribution in [0.1, 0.15) is 38.4 Å². The van der Waals surface area contributed by atoms with E-state index in [-0.39, 0.29) is 31.4 Å². The Bertz CT molecular complexity index is 428. The molecular weight excluding hydrogens is 268 g/mol. The molecule has 0 amide bonds. The lowest BCUT2D eigenvalue weighted by Gasteiger charge is -2.18. The van der Waals surface area contributed by atoms with Gasteiger partial charge < -0.3 is 9.47 Å². The van der Waals surface area contributed by atoms with E-state index in [0.717, 1.165) is 5.56 Å². The van der Waals surface area contributed by atoms with Gasteiger partial charge in [-0.3, -0.25) is 9.59 Å². The Morgan fingerprint density at radius 2 is 1.68 bits per heavy atom. The Hall–Kier alpha value is -1.55. The molecule has 0 aliphatic heterocycles. The molecule has 0 fully saturated rings. The molecule has 5 heteroatoms. The van der Waals surface area contributed by atoms with Gasteiger partial charge in [0.25, 0.3) is 0 Å². The summed E-state index contributed by atoms with van der Waals surface area (Å²) in [5, 5.41) is 0.592. The van der Waals surface area contributed by atoms with E-state index < -0.39 is 6.10 Å². The highest BCUT2D eigenvalue weighted by atomic mass is 35.5. The van der Waals surface area contributed by atoms with Crippen LogP contribution < -0.4 is 0 Å². The Morgan fingerprint density at radius 3 is 2.21 bits per heavy atom. The van der Waals surface area contributed by atoms with Crippen molar-refractivity contribution in [2.75, 3.05) is 6.61 Å². The highest BCUT2D eigenvalue weighted by Crippen LogP contribution is 2.21. The zero-order valence-electron chi connectivity index (χ0n) is 11.0. The average Bonchev–Trinajstić information content (AvgIpc) is 2.43. The summed E-state index contributed by atoms with van der Waals surface area (Å²) in [6.45, 7) is 3.43. The third-order valence-electron chi connectivity index (χ3n) is 2.49. The van der Waals surface area contributed by atoms with Crippen LogP contribution in [0.15, 0.2) is 24.3 Å². The predicted octanol–water partition coefficient (Wildman–Crippen LogP) is 3.29. The fraction of sp³-hybridized carbons (Fsp3) is 0.429. The van der Waals surface area contributed by atoms with Gasteiger partial charge in [-0.2, -0.15) is 0 Å². The number of hydrogen-bond acceptors (Lipinski definition) is 4. The highest BCUT2D eigenvalue weighted by Gasteiger charge is 2.18. The summed E-state index contributed by atoms with van der Waals surface area (Å²) in [5.41, 5.74) is 0.745. The summed E-state index contributed by atoms with van der Waals surface area (Å²) in [6.07, 6.45) is -0.0406. The number of carbonyl (C=O) groups is 2. The van der Waals surface area contributed by atoms with Gasteiger partial charge in [0.05, 0.1) is 0 Å². The van der Waals surface area contributed by atoms with E-state index in [0.29, 0.717) is 5.02 Å². The Morgan fingerprint density at radius 1 is 1.11 bits per heavy atom. The molecular formula is C14H17ClO4. The smallest absolute Gasteiger partial charge is 0.306 e. The zero-order valence-corrected chi connectivity index (χ0v) is 11.8. The molecule has 0 aliphatic rings. The quantitative estimate of drug-likeness (QED) is 0.752.